The van der Waals surface area contributed by atoms with Crippen LogP contribution < -0.4 is 4.72 Å². The lowest BCUT2D eigenvalue weighted by Crippen LogP contribution is -2.13. The molecule has 90 valence electrons. The van der Waals surface area contributed by atoms with Gasteiger partial charge in [-0.3, -0.25) is 4.72 Å². The zero-order valence-electron chi connectivity index (χ0n) is 10.7. The molecule has 16 heavy (non-hydrogen) atoms. The van der Waals surface area contributed by atoms with Crippen LogP contribution in [0.1, 0.15) is 27.8 Å². The van der Waals surface area contributed by atoms with Crippen molar-refractivity contribution in [3.05, 3.63) is 27.8 Å². The average molecular weight is 241 g/mol. The number of hydrogen-bond acceptors (Lipinski definition) is 2. The van der Waals surface area contributed by atoms with Gasteiger partial charge in [-0.1, -0.05) is 0 Å². The third-order valence-corrected chi connectivity index (χ3v) is 3.86. The topological polar surface area (TPSA) is 46.2 Å². The highest BCUT2D eigenvalue weighted by Crippen LogP contribution is 2.30. The average Bonchev–Trinajstić information content (AvgIpc) is 2.17. The third-order valence-electron chi connectivity index (χ3n) is 3.29. The van der Waals surface area contributed by atoms with Gasteiger partial charge in [-0.2, -0.15) is 0 Å². The van der Waals surface area contributed by atoms with Crippen molar-refractivity contribution in [2.45, 2.75) is 34.6 Å². The lowest BCUT2D eigenvalue weighted by molar-refractivity contribution is 0.606. The molecule has 0 aliphatic rings. The van der Waals surface area contributed by atoms with E-state index in [1.807, 2.05) is 27.7 Å². The molecule has 0 aliphatic heterocycles. The van der Waals surface area contributed by atoms with Crippen molar-refractivity contribution in [2.24, 2.45) is 0 Å². The largest absolute Gasteiger partial charge is 0.283 e. The van der Waals surface area contributed by atoms with Crippen LogP contribution in [0.25, 0.3) is 0 Å². The van der Waals surface area contributed by atoms with Crippen LogP contribution in [0.2, 0.25) is 0 Å². The first-order chi connectivity index (χ1) is 7.15. The number of hydrogen-bond donors (Lipinski definition) is 1. The predicted octanol–water partition coefficient (Wildman–Crippen LogP) is 2.60. The Hall–Kier alpha value is -1.03. The second-order valence-corrected chi connectivity index (χ2v) is 6.12. The molecule has 1 aromatic rings. The van der Waals surface area contributed by atoms with Crippen molar-refractivity contribution in [2.75, 3.05) is 11.0 Å². The summed E-state index contributed by atoms with van der Waals surface area (Å²) in [6.45, 7) is 9.99. The molecule has 3 nitrogen and oxygen atoms in total. The van der Waals surface area contributed by atoms with Gasteiger partial charge in [-0.25, -0.2) is 8.42 Å². The molecule has 0 atom stereocenters. The molecule has 0 aliphatic carbocycles. The van der Waals surface area contributed by atoms with E-state index < -0.39 is 10.0 Å². The Morgan fingerprint density at radius 1 is 0.750 bits per heavy atom. The minimum absolute atomic E-state index is 0.725. The van der Waals surface area contributed by atoms with Gasteiger partial charge in [0.2, 0.25) is 10.0 Å². The number of sulfonamides is 1. The van der Waals surface area contributed by atoms with Crippen molar-refractivity contribution in [3.63, 3.8) is 0 Å². The lowest BCUT2D eigenvalue weighted by Gasteiger charge is -2.18. The zero-order chi connectivity index (χ0) is 12.7. The molecular weight excluding hydrogens is 222 g/mol. The predicted molar refractivity (Wildman–Crippen MR) is 68.6 cm³/mol. The van der Waals surface area contributed by atoms with Crippen LogP contribution in [0.3, 0.4) is 0 Å². The van der Waals surface area contributed by atoms with Crippen molar-refractivity contribution in [1.82, 2.24) is 0 Å². The highest BCUT2D eigenvalue weighted by atomic mass is 32.2. The highest BCUT2D eigenvalue weighted by molar-refractivity contribution is 7.92. The Bertz CT molecular complexity index is 501. The summed E-state index contributed by atoms with van der Waals surface area (Å²) in [5.74, 6) is 0. The monoisotopic (exact) mass is 241 g/mol. The molecule has 0 saturated carbocycles. The lowest BCUT2D eigenvalue weighted by atomic mass is 9.93. The van der Waals surface area contributed by atoms with E-state index in [2.05, 4.69) is 11.6 Å². The first-order valence-corrected chi connectivity index (χ1v) is 7.09. The zero-order valence-corrected chi connectivity index (χ0v) is 11.5. The van der Waals surface area contributed by atoms with Gasteiger partial charge in [0.05, 0.1) is 11.9 Å². The van der Waals surface area contributed by atoms with Gasteiger partial charge in [-0.05, 0) is 62.4 Å². The van der Waals surface area contributed by atoms with E-state index in [0.717, 1.165) is 27.9 Å². The molecule has 0 fully saturated rings. The summed E-state index contributed by atoms with van der Waals surface area (Å²) in [4.78, 5) is 0. The van der Waals surface area contributed by atoms with Gasteiger partial charge >= 0.3 is 0 Å². The maximum atomic E-state index is 11.3. The molecule has 0 spiro atoms. The van der Waals surface area contributed by atoms with Gasteiger partial charge in [0, 0.05) is 0 Å². The maximum Gasteiger partial charge on any atom is 0.229 e. The summed E-state index contributed by atoms with van der Waals surface area (Å²) in [6, 6.07) is 0. The van der Waals surface area contributed by atoms with E-state index in [-0.39, 0.29) is 0 Å². The van der Waals surface area contributed by atoms with E-state index in [9.17, 15) is 8.42 Å². The van der Waals surface area contributed by atoms with Crippen LogP contribution in [-0.2, 0) is 10.0 Å². The Morgan fingerprint density at radius 3 is 1.38 bits per heavy atom. The second kappa shape index (κ2) is 4.09. The van der Waals surface area contributed by atoms with Crippen molar-refractivity contribution in [1.29, 1.82) is 0 Å². The molecule has 0 radical (unpaired) electrons. The van der Waals surface area contributed by atoms with Crippen LogP contribution in [0.15, 0.2) is 0 Å². The quantitative estimate of drug-likeness (QED) is 0.865. The fourth-order valence-electron chi connectivity index (χ4n) is 1.84. The van der Waals surface area contributed by atoms with E-state index in [1.165, 1.54) is 11.8 Å². The van der Waals surface area contributed by atoms with Crippen LogP contribution in [0, 0.1) is 34.6 Å². The molecule has 1 rings (SSSR count). The molecule has 4 heteroatoms. The Morgan fingerprint density at radius 2 is 1.06 bits per heavy atom. The number of anilines is 1. The van der Waals surface area contributed by atoms with Gasteiger partial charge in [0.15, 0.2) is 0 Å². The van der Waals surface area contributed by atoms with Gasteiger partial charge in [-0.15, -0.1) is 0 Å². The highest BCUT2D eigenvalue weighted by Gasteiger charge is 2.14. The summed E-state index contributed by atoms with van der Waals surface area (Å²) < 4.78 is 25.2. The smallest absolute Gasteiger partial charge is 0.229 e. The van der Waals surface area contributed by atoms with Crippen LogP contribution in [0.4, 0.5) is 5.69 Å². The molecule has 0 saturated heterocycles. The van der Waals surface area contributed by atoms with Crippen molar-refractivity contribution >= 4 is 15.7 Å². The summed E-state index contributed by atoms with van der Waals surface area (Å²) in [7, 11) is -3.22. The van der Waals surface area contributed by atoms with Crippen molar-refractivity contribution in [3.8, 4) is 0 Å². The summed E-state index contributed by atoms with van der Waals surface area (Å²) >= 11 is 0. The Kier molecular flexibility index (Phi) is 3.33. The number of benzene rings is 1. The number of nitrogens with one attached hydrogen (secondary N) is 1. The fraction of sp³-hybridized carbons (Fsp3) is 0.500. The maximum absolute atomic E-state index is 11.3. The minimum Gasteiger partial charge on any atom is -0.283 e. The molecular formula is C12H19NO2S. The summed E-state index contributed by atoms with van der Waals surface area (Å²) in [6.07, 6.45) is 1.18. The molecule has 0 heterocycles. The fourth-order valence-corrected chi connectivity index (χ4v) is 2.52. The van der Waals surface area contributed by atoms with E-state index in [0.29, 0.717) is 0 Å². The van der Waals surface area contributed by atoms with E-state index >= 15 is 0 Å². The number of rotatable bonds is 2. The summed E-state index contributed by atoms with van der Waals surface area (Å²) in [5, 5.41) is 0. The van der Waals surface area contributed by atoms with Crippen LogP contribution in [-0.4, -0.2) is 14.7 Å². The SMILES string of the molecule is Cc1c(C)c(C)c(NS(C)(=O)=O)c(C)c1C. The van der Waals surface area contributed by atoms with Crippen LogP contribution in [0.5, 0.6) is 0 Å². The van der Waals surface area contributed by atoms with E-state index in [1.54, 1.807) is 0 Å². The molecule has 1 aromatic carbocycles. The van der Waals surface area contributed by atoms with Crippen LogP contribution >= 0.6 is 0 Å². The first-order valence-electron chi connectivity index (χ1n) is 5.20. The molecule has 1 N–H and O–H groups in total. The van der Waals surface area contributed by atoms with Gasteiger partial charge in [0.1, 0.15) is 0 Å². The molecule has 0 unspecified atom stereocenters. The Balaban J connectivity index is 3.52. The Labute approximate surface area is 97.9 Å². The first kappa shape index (κ1) is 13.0. The standard InChI is InChI=1S/C12H19NO2S/c1-7-8(2)10(4)12(11(5)9(7)3)13-16(6,14)15/h13H,1-6H3. The minimum atomic E-state index is -3.22. The third kappa shape index (κ3) is 2.38. The van der Waals surface area contributed by atoms with Crippen molar-refractivity contribution < 1.29 is 8.42 Å². The normalized spacial score (nSPS) is 11.6. The summed E-state index contributed by atoms with van der Waals surface area (Å²) in [5.41, 5.74) is 6.26. The van der Waals surface area contributed by atoms with E-state index in [4.69, 9.17) is 0 Å². The molecule has 0 aromatic heterocycles. The second-order valence-electron chi connectivity index (χ2n) is 4.37. The molecule has 0 bridgehead atoms. The van der Waals surface area contributed by atoms with Gasteiger partial charge < -0.3 is 0 Å². The molecule has 0 amide bonds. The van der Waals surface area contributed by atoms with Gasteiger partial charge in [0.25, 0.3) is 0 Å².